The summed E-state index contributed by atoms with van der Waals surface area (Å²) in [5, 5.41) is 1.96. The predicted molar refractivity (Wildman–Crippen MR) is 182 cm³/mol. The van der Waals surface area contributed by atoms with Crippen molar-refractivity contribution in [3.05, 3.63) is 78.4 Å². The minimum Gasteiger partial charge on any atom is -0.493 e. The van der Waals surface area contributed by atoms with Crippen LogP contribution in [-0.4, -0.2) is 57.9 Å². The molecule has 8 heteroatoms. The van der Waals surface area contributed by atoms with E-state index in [1.165, 1.54) is 44.6 Å². The third kappa shape index (κ3) is 11.0. The number of carbonyl (C=O) groups excluding carboxylic acids is 1. The molecule has 1 saturated heterocycles. The summed E-state index contributed by atoms with van der Waals surface area (Å²) in [6, 6.07) is 21.6. The highest BCUT2D eigenvalue weighted by Crippen LogP contribution is 2.39. The predicted octanol–water partition coefficient (Wildman–Crippen LogP) is 7.88. The average molecular weight is 616 g/mol. The smallest absolute Gasteiger partial charge is 0.258 e. The van der Waals surface area contributed by atoms with Crippen molar-refractivity contribution in [1.29, 1.82) is 0 Å². The molecular weight excluding hydrogens is 566 g/mol. The van der Waals surface area contributed by atoms with E-state index in [1.807, 2.05) is 59.6 Å². The highest BCUT2D eigenvalue weighted by atomic mass is 16.5. The van der Waals surface area contributed by atoms with Gasteiger partial charge in [-0.25, -0.2) is 5.01 Å². The van der Waals surface area contributed by atoms with Gasteiger partial charge in [-0.1, -0.05) is 70.1 Å². The molecule has 0 bridgehead atoms. The number of hydrogen-bond acceptors (Lipinski definition) is 7. The van der Waals surface area contributed by atoms with Crippen LogP contribution in [0.15, 0.2) is 72.8 Å². The minimum absolute atomic E-state index is 0.182. The Hall–Kier alpha value is -4.17. The van der Waals surface area contributed by atoms with Gasteiger partial charge in [-0.05, 0) is 66.6 Å². The highest BCUT2D eigenvalue weighted by molar-refractivity contribution is 5.91. The number of nitrogens with one attached hydrogen (secondary N) is 1. The van der Waals surface area contributed by atoms with E-state index < -0.39 is 0 Å². The fraction of sp³-hybridized carbons (Fsp3) is 0.432. The zero-order chi connectivity index (χ0) is 31.7. The number of amides is 1. The number of anilines is 1. The van der Waals surface area contributed by atoms with Crippen molar-refractivity contribution in [2.75, 3.05) is 51.9 Å². The molecule has 3 aromatic carbocycles. The quantitative estimate of drug-likeness (QED) is 0.115. The van der Waals surface area contributed by atoms with Crippen molar-refractivity contribution in [1.82, 2.24) is 10.4 Å². The summed E-state index contributed by atoms with van der Waals surface area (Å²) in [5.74, 6) is 3.21. The molecule has 8 nitrogen and oxygen atoms in total. The molecule has 1 aliphatic rings. The number of methoxy groups -OCH3 is 2. The SMILES string of the molecule is CCCCCCCCCCOc1c(OC)cc(/C=C/C(=O)NN2CCN(c3ccc(Oc4ccccc4)cc3)CC2)cc1OC. The fourth-order valence-corrected chi connectivity index (χ4v) is 5.34. The molecule has 1 heterocycles. The first-order chi connectivity index (χ1) is 22.1. The molecular formula is C37H49N3O5. The highest BCUT2D eigenvalue weighted by Gasteiger charge is 2.19. The number of hydrazine groups is 1. The molecule has 0 atom stereocenters. The Morgan fingerprint density at radius 3 is 2.00 bits per heavy atom. The van der Waals surface area contributed by atoms with Gasteiger partial charge in [0.1, 0.15) is 11.5 Å². The molecule has 0 saturated carbocycles. The lowest BCUT2D eigenvalue weighted by Crippen LogP contribution is -2.53. The van der Waals surface area contributed by atoms with Crippen LogP contribution in [0.25, 0.3) is 6.08 Å². The molecule has 0 aliphatic carbocycles. The van der Waals surface area contributed by atoms with E-state index in [0.717, 1.165) is 48.7 Å². The van der Waals surface area contributed by atoms with Gasteiger partial charge in [0.25, 0.3) is 5.91 Å². The van der Waals surface area contributed by atoms with Gasteiger partial charge in [0.2, 0.25) is 5.75 Å². The van der Waals surface area contributed by atoms with Gasteiger partial charge in [0.15, 0.2) is 11.5 Å². The molecule has 0 radical (unpaired) electrons. The molecule has 45 heavy (non-hydrogen) atoms. The maximum absolute atomic E-state index is 12.7. The van der Waals surface area contributed by atoms with Crippen LogP contribution in [0.2, 0.25) is 0 Å². The molecule has 0 unspecified atom stereocenters. The van der Waals surface area contributed by atoms with Crippen LogP contribution in [0.5, 0.6) is 28.7 Å². The number of piperazine rings is 1. The Morgan fingerprint density at radius 1 is 0.778 bits per heavy atom. The minimum atomic E-state index is -0.182. The zero-order valence-corrected chi connectivity index (χ0v) is 27.1. The summed E-state index contributed by atoms with van der Waals surface area (Å²) in [7, 11) is 3.23. The summed E-state index contributed by atoms with van der Waals surface area (Å²) < 4.78 is 23.2. The van der Waals surface area contributed by atoms with Crippen molar-refractivity contribution in [3.63, 3.8) is 0 Å². The normalized spacial score (nSPS) is 13.5. The van der Waals surface area contributed by atoms with Gasteiger partial charge in [-0.3, -0.25) is 10.2 Å². The summed E-state index contributed by atoms with van der Waals surface area (Å²) in [4.78, 5) is 15.1. The molecule has 1 aliphatic heterocycles. The van der Waals surface area contributed by atoms with Gasteiger partial charge in [-0.2, -0.15) is 0 Å². The topological polar surface area (TPSA) is 72.5 Å². The van der Waals surface area contributed by atoms with E-state index in [-0.39, 0.29) is 5.91 Å². The van der Waals surface area contributed by atoms with Crippen LogP contribution in [0.3, 0.4) is 0 Å². The van der Waals surface area contributed by atoms with E-state index in [4.69, 9.17) is 18.9 Å². The second kappa shape index (κ2) is 18.6. The van der Waals surface area contributed by atoms with Gasteiger partial charge < -0.3 is 23.8 Å². The standard InChI is InChI=1S/C37H49N3O5/c1-4-5-6-7-8-9-10-14-27-44-37-34(42-2)28-30(29-35(37)43-3)17-22-36(41)38-40-25-23-39(24-26-40)31-18-20-33(21-19-31)45-32-15-12-11-13-16-32/h11-13,15-22,28-29H,4-10,14,23-27H2,1-3H3,(H,38,41)/b22-17+. The first-order valence-corrected chi connectivity index (χ1v) is 16.3. The van der Waals surface area contributed by atoms with Crippen LogP contribution < -0.4 is 29.3 Å². The maximum Gasteiger partial charge on any atom is 0.258 e. The monoisotopic (exact) mass is 615 g/mol. The average Bonchev–Trinajstić information content (AvgIpc) is 3.07. The number of rotatable bonds is 18. The zero-order valence-electron chi connectivity index (χ0n) is 27.1. The van der Waals surface area contributed by atoms with Gasteiger partial charge in [0.05, 0.1) is 20.8 Å². The number of hydrogen-bond donors (Lipinski definition) is 1. The molecule has 4 rings (SSSR count). The molecule has 1 fully saturated rings. The molecule has 1 N–H and O–H groups in total. The maximum atomic E-state index is 12.7. The summed E-state index contributed by atoms with van der Waals surface area (Å²) >= 11 is 0. The van der Waals surface area contributed by atoms with Gasteiger partial charge >= 0.3 is 0 Å². The molecule has 3 aromatic rings. The van der Waals surface area contributed by atoms with Crippen LogP contribution >= 0.6 is 0 Å². The number of unbranched alkanes of at least 4 members (excludes halogenated alkanes) is 7. The number of ether oxygens (including phenoxy) is 4. The first-order valence-electron chi connectivity index (χ1n) is 16.3. The van der Waals surface area contributed by atoms with Crippen molar-refractivity contribution in [2.24, 2.45) is 0 Å². The largest absolute Gasteiger partial charge is 0.493 e. The molecule has 1 amide bonds. The van der Waals surface area contributed by atoms with Crippen molar-refractivity contribution >= 4 is 17.7 Å². The Morgan fingerprint density at radius 2 is 1.38 bits per heavy atom. The third-order valence-corrected chi connectivity index (χ3v) is 7.88. The van der Waals surface area contributed by atoms with E-state index in [2.05, 4.69) is 29.4 Å². The first kappa shape index (κ1) is 33.7. The Kier molecular flexibility index (Phi) is 13.9. The van der Waals surface area contributed by atoms with Crippen LogP contribution in [-0.2, 0) is 4.79 Å². The van der Waals surface area contributed by atoms with Crippen LogP contribution in [0.4, 0.5) is 5.69 Å². The number of nitrogens with zero attached hydrogens (tertiary/aromatic N) is 2. The Labute approximate surface area is 268 Å². The second-order valence-corrected chi connectivity index (χ2v) is 11.3. The van der Waals surface area contributed by atoms with E-state index in [1.54, 1.807) is 20.3 Å². The number of benzene rings is 3. The summed E-state index contributed by atoms with van der Waals surface area (Å²) in [6.45, 7) is 5.90. The Bertz CT molecular complexity index is 1300. The molecule has 0 aromatic heterocycles. The van der Waals surface area contributed by atoms with E-state index in [0.29, 0.717) is 36.9 Å². The fourth-order valence-electron chi connectivity index (χ4n) is 5.34. The van der Waals surface area contributed by atoms with E-state index >= 15 is 0 Å². The van der Waals surface area contributed by atoms with Gasteiger partial charge in [0, 0.05) is 37.9 Å². The lowest BCUT2D eigenvalue weighted by atomic mass is 10.1. The van der Waals surface area contributed by atoms with Crippen molar-refractivity contribution < 1.29 is 23.7 Å². The molecule has 242 valence electrons. The summed E-state index contributed by atoms with van der Waals surface area (Å²) in [6.07, 6.45) is 13.2. The summed E-state index contributed by atoms with van der Waals surface area (Å²) in [5.41, 5.74) is 4.93. The second-order valence-electron chi connectivity index (χ2n) is 11.3. The van der Waals surface area contributed by atoms with Crippen molar-refractivity contribution in [3.8, 4) is 28.7 Å². The van der Waals surface area contributed by atoms with Crippen LogP contribution in [0, 0.1) is 0 Å². The Balaban J connectivity index is 1.21. The third-order valence-electron chi connectivity index (χ3n) is 7.88. The van der Waals surface area contributed by atoms with Crippen molar-refractivity contribution in [2.45, 2.75) is 58.3 Å². The lowest BCUT2D eigenvalue weighted by Gasteiger charge is -2.35. The lowest BCUT2D eigenvalue weighted by molar-refractivity contribution is -0.121. The number of para-hydroxylation sites is 1. The van der Waals surface area contributed by atoms with Crippen LogP contribution in [0.1, 0.15) is 63.9 Å². The molecule has 0 spiro atoms. The number of carbonyl (C=O) groups is 1. The van der Waals surface area contributed by atoms with E-state index in [9.17, 15) is 4.79 Å². The van der Waals surface area contributed by atoms with Gasteiger partial charge in [-0.15, -0.1) is 0 Å².